The Balaban J connectivity index is 1.52. The van der Waals surface area contributed by atoms with Crippen LogP contribution in [0.4, 0.5) is 0 Å². The molecule has 124 valence electrons. The van der Waals surface area contributed by atoms with Crippen molar-refractivity contribution in [3.05, 3.63) is 46.4 Å². The van der Waals surface area contributed by atoms with E-state index < -0.39 is 0 Å². The first-order valence-corrected chi connectivity index (χ1v) is 9.22. The van der Waals surface area contributed by atoms with E-state index in [1.54, 1.807) is 4.90 Å². The number of ether oxygens (including phenoxy) is 2. The summed E-state index contributed by atoms with van der Waals surface area (Å²) >= 11 is 6.74. The number of thiocarbonyl (C=S) groups is 1. The fourth-order valence-electron chi connectivity index (χ4n) is 3.03. The number of carbonyl (C=O) groups excluding carboxylic acids is 1. The molecule has 1 atom stereocenters. The summed E-state index contributed by atoms with van der Waals surface area (Å²) in [5.74, 6) is 0.848. The Kier molecular flexibility index (Phi) is 4.43. The quantitative estimate of drug-likeness (QED) is 0.611. The standard InChI is InChI=1S/C18H17NO3S2/c20-17-16(24-18(23)19(17)10-14-5-3-7-21-14)9-12-8-13-4-1-2-6-15(13)22-11-12/h1-2,4,6,8-9,14H,3,5,7,10-11H2/b16-9-/t14-/m1/s1. The van der Waals surface area contributed by atoms with Gasteiger partial charge in [-0.1, -0.05) is 42.2 Å². The van der Waals surface area contributed by atoms with Crippen molar-refractivity contribution in [1.29, 1.82) is 0 Å². The van der Waals surface area contributed by atoms with Gasteiger partial charge in [0.1, 0.15) is 16.7 Å². The van der Waals surface area contributed by atoms with Gasteiger partial charge in [-0.05, 0) is 36.6 Å². The van der Waals surface area contributed by atoms with Crippen molar-refractivity contribution in [3.8, 4) is 5.75 Å². The van der Waals surface area contributed by atoms with Crippen molar-refractivity contribution in [1.82, 2.24) is 4.90 Å². The normalized spacial score (nSPS) is 25.0. The Morgan fingerprint density at radius 3 is 3.08 bits per heavy atom. The second-order valence-corrected chi connectivity index (χ2v) is 7.65. The minimum atomic E-state index is -0.0275. The zero-order valence-electron chi connectivity index (χ0n) is 13.1. The van der Waals surface area contributed by atoms with Gasteiger partial charge in [0, 0.05) is 12.2 Å². The number of thioether (sulfide) groups is 1. The second kappa shape index (κ2) is 6.70. The highest BCUT2D eigenvalue weighted by Gasteiger charge is 2.34. The molecule has 3 heterocycles. The van der Waals surface area contributed by atoms with E-state index in [0.29, 0.717) is 22.4 Å². The number of hydrogen-bond donors (Lipinski definition) is 0. The van der Waals surface area contributed by atoms with Gasteiger partial charge in [-0.2, -0.15) is 0 Å². The molecule has 1 amide bonds. The number of carbonyl (C=O) groups is 1. The lowest BCUT2D eigenvalue weighted by atomic mass is 10.1. The number of hydrogen-bond acceptors (Lipinski definition) is 5. The molecule has 1 aromatic carbocycles. The molecule has 0 aromatic heterocycles. The summed E-state index contributed by atoms with van der Waals surface area (Å²) in [5, 5.41) is 0. The molecule has 3 aliphatic rings. The monoisotopic (exact) mass is 359 g/mol. The summed E-state index contributed by atoms with van der Waals surface area (Å²) < 4.78 is 12.0. The lowest BCUT2D eigenvalue weighted by Crippen LogP contribution is -2.35. The van der Waals surface area contributed by atoms with E-state index in [1.807, 2.05) is 30.3 Å². The number of benzene rings is 1. The molecule has 0 aliphatic carbocycles. The molecule has 2 saturated heterocycles. The third-order valence-electron chi connectivity index (χ3n) is 4.25. The van der Waals surface area contributed by atoms with Crippen LogP contribution in [0.5, 0.6) is 5.75 Å². The summed E-state index contributed by atoms with van der Waals surface area (Å²) in [5.41, 5.74) is 2.01. The first kappa shape index (κ1) is 15.9. The fourth-order valence-corrected chi connectivity index (χ4v) is 4.33. The Hall–Kier alpha value is -1.63. The van der Waals surface area contributed by atoms with Crippen molar-refractivity contribution in [2.75, 3.05) is 19.8 Å². The minimum absolute atomic E-state index is 0.0275. The summed E-state index contributed by atoms with van der Waals surface area (Å²) in [7, 11) is 0. The molecule has 0 radical (unpaired) electrons. The highest BCUT2D eigenvalue weighted by Crippen LogP contribution is 2.34. The fraction of sp³-hybridized carbons (Fsp3) is 0.333. The molecule has 2 fully saturated rings. The molecule has 4 nitrogen and oxygen atoms in total. The van der Waals surface area contributed by atoms with Crippen LogP contribution in [0.3, 0.4) is 0 Å². The molecule has 1 aromatic rings. The molecular weight excluding hydrogens is 342 g/mol. The van der Waals surface area contributed by atoms with Crippen LogP contribution >= 0.6 is 24.0 Å². The lowest BCUT2D eigenvalue weighted by Gasteiger charge is -2.18. The summed E-state index contributed by atoms with van der Waals surface area (Å²) in [4.78, 5) is 15.0. The Morgan fingerprint density at radius 2 is 2.25 bits per heavy atom. The van der Waals surface area contributed by atoms with E-state index in [1.165, 1.54) is 11.8 Å². The maximum absolute atomic E-state index is 12.6. The van der Waals surface area contributed by atoms with E-state index in [0.717, 1.165) is 36.3 Å². The zero-order chi connectivity index (χ0) is 16.5. The largest absolute Gasteiger partial charge is 0.488 e. The van der Waals surface area contributed by atoms with Gasteiger partial charge in [0.05, 0.1) is 17.6 Å². The Morgan fingerprint density at radius 1 is 1.38 bits per heavy atom. The van der Waals surface area contributed by atoms with Gasteiger partial charge < -0.3 is 9.47 Å². The number of fused-ring (bicyclic) bond motifs is 1. The van der Waals surface area contributed by atoms with E-state index in [2.05, 4.69) is 6.08 Å². The smallest absolute Gasteiger partial charge is 0.266 e. The number of para-hydroxylation sites is 1. The van der Waals surface area contributed by atoms with Gasteiger partial charge in [0.25, 0.3) is 5.91 Å². The Labute approximate surface area is 150 Å². The third-order valence-corrected chi connectivity index (χ3v) is 5.63. The van der Waals surface area contributed by atoms with Crippen LogP contribution in [0.2, 0.25) is 0 Å². The molecule has 0 unspecified atom stereocenters. The molecular formula is C18H17NO3S2. The van der Waals surface area contributed by atoms with Crippen LogP contribution in [0.1, 0.15) is 18.4 Å². The summed E-state index contributed by atoms with van der Waals surface area (Å²) in [6.45, 7) is 1.80. The van der Waals surface area contributed by atoms with Crippen LogP contribution in [-0.2, 0) is 9.53 Å². The topological polar surface area (TPSA) is 38.8 Å². The van der Waals surface area contributed by atoms with Gasteiger partial charge in [-0.25, -0.2) is 0 Å². The average Bonchev–Trinajstić information content (AvgIpc) is 3.19. The van der Waals surface area contributed by atoms with Crippen LogP contribution in [0.25, 0.3) is 6.08 Å². The molecule has 3 aliphatic heterocycles. The minimum Gasteiger partial charge on any atom is -0.488 e. The zero-order valence-corrected chi connectivity index (χ0v) is 14.7. The van der Waals surface area contributed by atoms with Crippen molar-refractivity contribution in [2.24, 2.45) is 0 Å². The molecule has 0 N–H and O–H groups in total. The van der Waals surface area contributed by atoms with E-state index in [9.17, 15) is 4.79 Å². The van der Waals surface area contributed by atoms with Crippen molar-refractivity contribution in [2.45, 2.75) is 18.9 Å². The van der Waals surface area contributed by atoms with Gasteiger partial charge >= 0.3 is 0 Å². The number of nitrogens with zero attached hydrogens (tertiary/aromatic N) is 1. The lowest BCUT2D eigenvalue weighted by molar-refractivity contribution is -0.123. The Bertz CT molecular complexity index is 750. The van der Waals surface area contributed by atoms with E-state index in [-0.39, 0.29) is 12.0 Å². The van der Waals surface area contributed by atoms with Gasteiger partial charge in [0.15, 0.2) is 0 Å². The summed E-state index contributed by atoms with van der Waals surface area (Å²) in [6.07, 6.45) is 6.11. The first-order chi connectivity index (χ1) is 11.7. The number of rotatable bonds is 3. The average molecular weight is 359 g/mol. The van der Waals surface area contributed by atoms with E-state index >= 15 is 0 Å². The van der Waals surface area contributed by atoms with Crippen molar-refractivity contribution in [3.63, 3.8) is 0 Å². The third kappa shape index (κ3) is 3.14. The highest BCUT2D eigenvalue weighted by molar-refractivity contribution is 8.26. The van der Waals surface area contributed by atoms with Crippen molar-refractivity contribution < 1.29 is 14.3 Å². The highest BCUT2D eigenvalue weighted by atomic mass is 32.2. The van der Waals surface area contributed by atoms with Gasteiger partial charge in [-0.15, -0.1) is 0 Å². The van der Waals surface area contributed by atoms with Crippen LogP contribution in [0, 0.1) is 0 Å². The molecule has 0 spiro atoms. The van der Waals surface area contributed by atoms with Crippen LogP contribution in [-0.4, -0.2) is 41.0 Å². The predicted octanol–water partition coefficient (Wildman–Crippen LogP) is 3.39. The molecule has 0 bridgehead atoms. The van der Waals surface area contributed by atoms with Gasteiger partial charge in [0.2, 0.25) is 0 Å². The molecule has 24 heavy (non-hydrogen) atoms. The molecule has 6 heteroatoms. The molecule has 0 saturated carbocycles. The maximum Gasteiger partial charge on any atom is 0.266 e. The van der Waals surface area contributed by atoms with E-state index in [4.69, 9.17) is 21.7 Å². The molecule has 4 rings (SSSR count). The van der Waals surface area contributed by atoms with Crippen LogP contribution < -0.4 is 4.74 Å². The maximum atomic E-state index is 12.6. The first-order valence-electron chi connectivity index (χ1n) is 8.00. The van der Waals surface area contributed by atoms with Gasteiger partial charge in [-0.3, -0.25) is 9.69 Å². The predicted molar refractivity (Wildman–Crippen MR) is 98.9 cm³/mol. The van der Waals surface area contributed by atoms with Crippen LogP contribution in [0.15, 0.2) is 40.8 Å². The SMILES string of the molecule is O=C1/C(=C/C2=Cc3ccccc3OC2)SC(=S)N1C[C@H]1CCCO1. The second-order valence-electron chi connectivity index (χ2n) is 5.97. The number of amides is 1. The van der Waals surface area contributed by atoms with Crippen molar-refractivity contribution >= 4 is 40.3 Å². The summed E-state index contributed by atoms with van der Waals surface area (Å²) in [6, 6.07) is 7.88.